The minimum absolute atomic E-state index is 0.0393. The number of hydrogen-bond acceptors (Lipinski definition) is 6. The molecule has 0 heterocycles. The van der Waals surface area contributed by atoms with Crippen LogP contribution < -0.4 is 15.4 Å². The molecule has 2 aromatic carbocycles. The third kappa shape index (κ3) is 4.62. The van der Waals surface area contributed by atoms with E-state index in [9.17, 15) is 28.1 Å². The Labute approximate surface area is 161 Å². The minimum atomic E-state index is -3.97. The van der Waals surface area contributed by atoms with Gasteiger partial charge in [0.1, 0.15) is 6.04 Å². The van der Waals surface area contributed by atoms with Gasteiger partial charge in [-0.15, -0.1) is 0 Å². The molecule has 10 nitrogen and oxygen atoms in total. The Kier molecular flexibility index (Phi) is 5.99. The lowest BCUT2D eigenvalue weighted by Gasteiger charge is -2.28. The molecule has 1 unspecified atom stereocenters. The number of primary amides is 1. The highest BCUT2D eigenvalue weighted by molar-refractivity contribution is 7.92. The monoisotopic (exact) mass is 406 g/mol. The molecule has 0 aliphatic heterocycles. The summed E-state index contributed by atoms with van der Waals surface area (Å²) in [6.45, 7) is 1.32. The summed E-state index contributed by atoms with van der Waals surface area (Å²) in [4.78, 5) is 34.5. The number of carbonyl (C=O) groups is 2. The van der Waals surface area contributed by atoms with Crippen LogP contribution in [0.2, 0.25) is 0 Å². The molecule has 11 heteroatoms. The third-order valence-corrected chi connectivity index (χ3v) is 5.08. The first-order chi connectivity index (χ1) is 13.0. The zero-order valence-corrected chi connectivity index (χ0v) is 15.8. The molecule has 0 spiro atoms. The van der Waals surface area contributed by atoms with Gasteiger partial charge < -0.3 is 11.1 Å². The van der Waals surface area contributed by atoms with Crippen LogP contribution >= 0.6 is 0 Å². The van der Waals surface area contributed by atoms with Crippen LogP contribution in [0.3, 0.4) is 0 Å². The zero-order valence-electron chi connectivity index (χ0n) is 15.0. The first-order valence-electron chi connectivity index (χ1n) is 7.96. The van der Waals surface area contributed by atoms with Crippen LogP contribution in [0.1, 0.15) is 17.3 Å². The number of anilines is 2. The predicted octanol–water partition coefficient (Wildman–Crippen LogP) is 1.49. The average molecular weight is 406 g/mol. The van der Waals surface area contributed by atoms with Crippen LogP contribution in [0.4, 0.5) is 17.1 Å². The van der Waals surface area contributed by atoms with Crippen molar-refractivity contribution in [2.24, 2.45) is 5.73 Å². The van der Waals surface area contributed by atoms with Crippen LogP contribution in [-0.4, -0.2) is 37.5 Å². The van der Waals surface area contributed by atoms with Gasteiger partial charge in [-0.1, -0.05) is 18.2 Å². The lowest BCUT2D eigenvalue weighted by molar-refractivity contribution is -0.384. The number of nitro groups is 1. The summed E-state index contributed by atoms with van der Waals surface area (Å²) in [6, 6.07) is 9.65. The second kappa shape index (κ2) is 8.05. The highest BCUT2D eigenvalue weighted by Crippen LogP contribution is 2.26. The van der Waals surface area contributed by atoms with E-state index in [2.05, 4.69) is 5.32 Å². The molecule has 0 saturated carbocycles. The Bertz CT molecular complexity index is 1040. The summed E-state index contributed by atoms with van der Waals surface area (Å²) < 4.78 is 25.3. The molecule has 28 heavy (non-hydrogen) atoms. The maximum atomic E-state index is 12.7. The molecule has 2 rings (SSSR count). The van der Waals surface area contributed by atoms with Crippen molar-refractivity contribution in [3.8, 4) is 0 Å². The van der Waals surface area contributed by atoms with Crippen LogP contribution in [-0.2, 0) is 14.8 Å². The maximum Gasteiger partial charge on any atom is 0.271 e. The predicted molar refractivity (Wildman–Crippen MR) is 103 cm³/mol. The summed E-state index contributed by atoms with van der Waals surface area (Å²) in [5.74, 6) is -1.51. The van der Waals surface area contributed by atoms with Gasteiger partial charge in [-0.2, -0.15) is 0 Å². The number of benzene rings is 2. The van der Waals surface area contributed by atoms with E-state index in [0.29, 0.717) is 0 Å². The molecule has 2 aromatic rings. The number of hydrogen-bond donors (Lipinski definition) is 2. The molecule has 3 N–H and O–H groups in total. The number of nitrogens with zero attached hydrogens (tertiary/aromatic N) is 2. The summed E-state index contributed by atoms with van der Waals surface area (Å²) in [5, 5.41) is 13.5. The molecule has 0 bridgehead atoms. The van der Waals surface area contributed by atoms with Gasteiger partial charge in [-0.25, -0.2) is 8.42 Å². The smallest absolute Gasteiger partial charge is 0.271 e. The largest absolute Gasteiger partial charge is 0.366 e. The van der Waals surface area contributed by atoms with Gasteiger partial charge in [-0.3, -0.25) is 24.0 Å². The Hall–Kier alpha value is -3.47. The normalized spacial score (nSPS) is 12.1. The molecule has 0 aromatic heterocycles. The van der Waals surface area contributed by atoms with Gasteiger partial charge in [0.05, 0.1) is 28.1 Å². The number of rotatable bonds is 7. The van der Waals surface area contributed by atoms with Crippen molar-refractivity contribution in [2.45, 2.75) is 13.0 Å². The molecule has 2 amide bonds. The fraction of sp³-hybridized carbons (Fsp3) is 0.176. The van der Waals surface area contributed by atoms with Crippen molar-refractivity contribution < 1.29 is 22.9 Å². The average Bonchev–Trinajstić information content (AvgIpc) is 2.61. The lowest BCUT2D eigenvalue weighted by atomic mass is 10.1. The highest BCUT2D eigenvalue weighted by atomic mass is 32.2. The molecule has 148 valence electrons. The zero-order chi connectivity index (χ0) is 21.1. The molecule has 0 aliphatic carbocycles. The van der Waals surface area contributed by atoms with Crippen LogP contribution in [0.15, 0.2) is 48.5 Å². The van der Waals surface area contributed by atoms with Crippen LogP contribution in [0, 0.1) is 10.1 Å². The van der Waals surface area contributed by atoms with Crippen LogP contribution in [0.5, 0.6) is 0 Å². The summed E-state index contributed by atoms with van der Waals surface area (Å²) >= 11 is 0. The molecule has 1 atom stereocenters. The van der Waals surface area contributed by atoms with Gasteiger partial charge in [0.15, 0.2) is 0 Å². The molecule has 0 fully saturated rings. The van der Waals surface area contributed by atoms with E-state index in [4.69, 9.17) is 5.73 Å². The number of carbonyl (C=O) groups excluding carboxylic acids is 2. The third-order valence-electron chi connectivity index (χ3n) is 3.83. The Morgan fingerprint density at radius 2 is 1.82 bits per heavy atom. The number of amides is 2. The van der Waals surface area contributed by atoms with E-state index in [0.717, 1.165) is 16.6 Å². The molecular weight excluding hydrogens is 388 g/mol. The standard InChI is InChI=1S/C17H18N4O6S/c1-11(17(23)19-15-9-4-3-8-14(15)16(18)22)20(28(2,26)27)12-6-5-7-13(10-12)21(24)25/h3-11H,1-2H3,(H2,18,22)(H,19,23). The van der Waals surface area contributed by atoms with Crippen molar-refractivity contribution in [3.05, 3.63) is 64.2 Å². The van der Waals surface area contributed by atoms with Crippen molar-refractivity contribution in [2.75, 3.05) is 15.9 Å². The lowest BCUT2D eigenvalue weighted by Crippen LogP contribution is -2.45. The van der Waals surface area contributed by atoms with Gasteiger partial charge >= 0.3 is 0 Å². The SMILES string of the molecule is CC(C(=O)Nc1ccccc1C(N)=O)N(c1cccc([N+](=O)[O-])c1)S(C)(=O)=O. The molecular formula is C17H18N4O6S. The number of nitro benzene ring substituents is 1. The Balaban J connectivity index is 2.41. The fourth-order valence-corrected chi connectivity index (χ4v) is 3.76. The number of nitrogens with one attached hydrogen (secondary N) is 1. The maximum absolute atomic E-state index is 12.7. The number of nitrogens with two attached hydrogens (primary N) is 1. The van der Waals surface area contributed by atoms with Crippen molar-refractivity contribution in [1.82, 2.24) is 0 Å². The first kappa shape index (κ1) is 20.8. The summed E-state index contributed by atoms with van der Waals surface area (Å²) in [6.07, 6.45) is 0.882. The summed E-state index contributed by atoms with van der Waals surface area (Å²) in [5.41, 5.74) is 5.09. The van der Waals surface area contributed by atoms with E-state index < -0.39 is 32.8 Å². The minimum Gasteiger partial charge on any atom is -0.366 e. The molecule has 0 saturated heterocycles. The summed E-state index contributed by atoms with van der Waals surface area (Å²) in [7, 11) is -3.97. The Morgan fingerprint density at radius 1 is 1.18 bits per heavy atom. The van der Waals surface area contributed by atoms with E-state index >= 15 is 0 Å². The van der Waals surface area contributed by atoms with E-state index in [-0.39, 0.29) is 22.6 Å². The number of para-hydroxylation sites is 1. The number of sulfonamides is 1. The van der Waals surface area contributed by atoms with Crippen molar-refractivity contribution in [3.63, 3.8) is 0 Å². The quantitative estimate of drug-likeness (QED) is 0.525. The first-order valence-corrected chi connectivity index (χ1v) is 9.80. The van der Waals surface area contributed by atoms with E-state index in [1.165, 1.54) is 37.3 Å². The molecule has 0 aliphatic rings. The second-order valence-electron chi connectivity index (χ2n) is 5.91. The Morgan fingerprint density at radius 3 is 2.39 bits per heavy atom. The molecule has 0 radical (unpaired) electrons. The van der Waals surface area contributed by atoms with Gasteiger partial charge in [0.25, 0.3) is 11.6 Å². The topological polar surface area (TPSA) is 153 Å². The van der Waals surface area contributed by atoms with Gasteiger partial charge in [-0.05, 0) is 25.1 Å². The van der Waals surface area contributed by atoms with Crippen LogP contribution in [0.25, 0.3) is 0 Å². The van der Waals surface area contributed by atoms with Gasteiger partial charge in [0, 0.05) is 12.1 Å². The second-order valence-corrected chi connectivity index (χ2v) is 7.77. The van der Waals surface area contributed by atoms with E-state index in [1.807, 2.05) is 0 Å². The van der Waals surface area contributed by atoms with Gasteiger partial charge in [0.2, 0.25) is 15.9 Å². The fourth-order valence-electron chi connectivity index (χ4n) is 2.60. The number of non-ortho nitro benzene ring substituents is 1. The van der Waals surface area contributed by atoms with Crippen molar-refractivity contribution in [1.29, 1.82) is 0 Å². The van der Waals surface area contributed by atoms with Crippen molar-refractivity contribution >= 4 is 38.9 Å². The highest BCUT2D eigenvalue weighted by Gasteiger charge is 2.30. The van der Waals surface area contributed by atoms with E-state index in [1.54, 1.807) is 12.1 Å².